The SMILES string of the molecule is NCC1=CC=CC[N@@+]1(CC1CCN(CCOc2ccccc2F)CC1)c1ccc(F)cc1. The van der Waals surface area contributed by atoms with Crippen molar-refractivity contribution in [1.29, 1.82) is 0 Å². The lowest BCUT2D eigenvalue weighted by Gasteiger charge is -2.43. The first-order valence-electron chi connectivity index (χ1n) is 11.4. The fraction of sp³-hybridized carbons (Fsp3) is 0.385. The molecule has 4 nitrogen and oxygen atoms in total. The summed E-state index contributed by atoms with van der Waals surface area (Å²) in [6.45, 7) is 5.53. The Labute approximate surface area is 189 Å². The van der Waals surface area contributed by atoms with Gasteiger partial charge in [-0.15, -0.1) is 0 Å². The number of hydrogen-bond acceptors (Lipinski definition) is 3. The molecule has 4 rings (SSSR count). The van der Waals surface area contributed by atoms with E-state index >= 15 is 0 Å². The number of nitrogens with zero attached hydrogens (tertiary/aromatic N) is 2. The van der Waals surface area contributed by atoms with Crippen LogP contribution in [0, 0.1) is 17.6 Å². The van der Waals surface area contributed by atoms with Gasteiger partial charge in [0, 0.05) is 24.6 Å². The second-order valence-corrected chi connectivity index (χ2v) is 8.66. The van der Waals surface area contributed by atoms with Crippen molar-refractivity contribution < 1.29 is 13.5 Å². The van der Waals surface area contributed by atoms with Gasteiger partial charge in [0.15, 0.2) is 11.6 Å². The second kappa shape index (κ2) is 10.4. The van der Waals surface area contributed by atoms with Gasteiger partial charge >= 0.3 is 0 Å². The Balaban J connectivity index is 1.36. The van der Waals surface area contributed by atoms with E-state index in [1.165, 1.54) is 11.8 Å². The highest BCUT2D eigenvalue weighted by atomic mass is 19.1. The Bertz CT molecular complexity index is 952. The number of allylic oxidation sites excluding steroid dienone is 2. The van der Waals surface area contributed by atoms with Crippen LogP contribution in [0.15, 0.2) is 72.5 Å². The molecule has 1 fully saturated rings. The van der Waals surface area contributed by atoms with Gasteiger partial charge in [-0.1, -0.05) is 18.2 Å². The van der Waals surface area contributed by atoms with Crippen LogP contribution in [0.3, 0.4) is 0 Å². The van der Waals surface area contributed by atoms with Crippen LogP contribution < -0.4 is 15.0 Å². The molecular formula is C26H32F2N3O+. The van der Waals surface area contributed by atoms with Crippen LogP contribution in [0.25, 0.3) is 0 Å². The van der Waals surface area contributed by atoms with Crippen LogP contribution in [0.4, 0.5) is 14.5 Å². The minimum atomic E-state index is -0.319. The van der Waals surface area contributed by atoms with Crippen molar-refractivity contribution in [3.63, 3.8) is 0 Å². The lowest BCUT2D eigenvalue weighted by molar-refractivity contribution is 0.138. The molecule has 170 valence electrons. The average Bonchev–Trinajstić information content (AvgIpc) is 2.82. The average molecular weight is 441 g/mol. The van der Waals surface area contributed by atoms with E-state index in [-0.39, 0.29) is 11.6 Å². The Morgan fingerprint density at radius 2 is 1.78 bits per heavy atom. The number of para-hydroxylation sites is 1. The van der Waals surface area contributed by atoms with Gasteiger partial charge in [0.05, 0.1) is 13.1 Å². The van der Waals surface area contributed by atoms with Crippen LogP contribution in [0.1, 0.15) is 12.8 Å². The second-order valence-electron chi connectivity index (χ2n) is 8.66. The minimum Gasteiger partial charge on any atom is -0.489 e. The van der Waals surface area contributed by atoms with E-state index in [2.05, 4.69) is 23.1 Å². The van der Waals surface area contributed by atoms with Crippen molar-refractivity contribution in [2.75, 3.05) is 45.9 Å². The van der Waals surface area contributed by atoms with E-state index < -0.39 is 0 Å². The van der Waals surface area contributed by atoms with Crippen molar-refractivity contribution >= 4 is 5.69 Å². The van der Waals surface area contributed by atoms with E-state index in [0.29, 0.717) is 29.3 Å². The molecular weight excluding hydrogens is 408 g/mol. The maximum absolute atomic E-state index is 13.7. The molecule has 0 aromatic heterocycles. The third-order valence-electron chi connectivity index (χ3n) is 6.70. The number of nitrogens with two attached hydrogens (primary N) is 1. The lowest BCUT2D eigenvalue weighted by Crippen LogP contribution is -2.55. The summed E-state index contributed by atoms with van der Waals surface area (Å²) in [7, 11) is 0. The number of ether oxygens (including phenoxy) is 1. The fourth-order valence-corrected chi connectivity index (χ4v) is 4.90. The summed E-state index contributed by atoms with van der Waals surface area (Å²) in [4.78, 5) is 2.38. The van der Waals surface area contributed by atoms with Gasteiger partial charge in [0.25, 0.3) is 0 Å². The van der Waals surface area contributed by atoms with Gasteiger partial charge in [0.1, 0.15) is 30.4 Å². The number of benzene rings is 2. The fourth-order valence-electron chi connectivity index (χ4n) is 4.90. The molecule has 2 aliphatic rings. The van der Waals surface area contributed by atoms with Crippen LogP contribution >= 0.6 is 0 Å². The minimum absolute atomic E-state index is 0.219. The zero-order valence-electron chi connectivity index (χ0n) is 18.4. The molecule has 0 amide bonds. The normalized spacial score (nSPS) is 22.0. The summed E-state index contributed by atoms with van der Waals surface area (Å²) in [5, 5.41) is 0. The molecule has 2 heterocycles. The molecule has 2 aromatic rings. The van der Waals surface area contributed by atoms with Crippen LogP contribution in [-0.4, -0.2) is 50.8 Å². The van der Waals surface area contributed by atoms with Gasteiger partial charge in [-0.25, -0.2) is 8.78 Å². The highest BCUT2D eigenvalue weighted by molar-refractivity contribution is 5.51. The van der Waals surface area contributed by atoms with E-state index in [0.717, 1.165) is 51.3 Å². The molecule has 1 saturated heterocycles. The van der Waals surface area contributed by atoms with E-state index in [9.17, 15) is 8.78 Å². The molecule has 0 spiro atoms. The zero-order chi connectivity index (χ0) is 22.4. The van der Waals surface area contributed by atoms with E-state index in [4.69, 9.17) is 10.5 Å². The number of rotatable bonds is 8. The molecule has 2 aliphatic heterocycles. The highest BCUT2D eigenvalue weighted by Gasteiger charge is 2.38. The van der Waals surface area contributed by atoms with Gasteiger partial charge in [-0.2, -0.15) is 0 Å². The molecule has 32 heavy (non-hydrogen) atoms. The zero-order valence-corrected chi connectivity index (χ0v) is 18.4. The largest absolute Gasteiger partial charge is 0.489 e. The molecule has 6 heteroatoms. The monoisotopic (exact) mass is 440 g/mol. The third-order valence-corrected chi connectivity index (χ3v) is 6.70. The summed E-state index contributed by atoms with van der Waals surface area (Å²) in [6, 6.07) is 13.4. The number of piperidine rings is 1. The molecule has 0 aliphatic carbocycles. The predicted octanol–water partition coefficient (Wildman–Crippen LogP) is 4.48. The number of hydrogen-bond donors (Lipinski definition) is 1. The summed E-state index contributed by atoms with van der Waals surface area (Å²) in [6.07, 6.45) is 8.53. The molecule has 2 aromatic carbocycles. The van der Waals surface area contributed by atoms with Crippen LogP contribution in [-0.2, 0) is 0 Å². The lowest BCUT2D eigenvalue weighted by atomic mass is 9.93. The summed E-state index contributed by atoms with van der Waals surface area (Å²) in [5.74, 6) is 0.321. The van der Waals surface area contributed by atoms with Crippen molar-refractivity contribution in [3.05, 3.63) is 84.1 Å². The number of halogens is 2. The van der Waals surface area contributed by atoms with E-state index in [1.807, 2.05) is 12.1 Å². The van der Waals surface area contributed by atoms with Gasteiger partial charge in [-0.05, 0) is 62.3 Å². The van der Waals surface area contributed by atoms with Gasteiger partial charge in [0.2, 0.25) is 0 Å². The maximum atomic E-state index is 13.7. The van der Waals surface area contributed by atoms with Crippen molar-refractivity contribution in [1.82, 2.24) is 9.38 Å². The van der Waals surface area contributed by atoms with E-state index in [1.54, 1.807) is 30.3 Å². The third kappa shape index (κ3) is 5.09. The quantitative estimate of drug-likeness (QED) is 0.616. The first-order chi connectivity index (χ1) is 15.6. The first kappa shape index (κ1) is 22.6. The first-order valence-corrected chi connectivity index (χ1v) is 11.4. The maximum Gasteiger partial charge on any atom is 0.165 e. The molecule has 0 bridgehead atoms. The Kier molecular flexibility index (Phi) is 7.35. The topological polar surface area (TPSA) is 38.5 Å². The van der Waals surface area contributed by atoms with Crippen molar-refractivity contribution in [3.8, 4) is 5.75 Å². The van der Waals surface area contributed by atoms with Crippen molar-refractivity contribution in [2.45, 2.75) is 12.8 Å². The molecule has 0 saturated carbocycles. The van der Waals surface area contributed by atoms with Crippen LogP contribution in [0.5, 0.6) is 5.75 Å². The molecule has 2 N–H and O–H groups in total. The predicted molar refractivity (Wildman–Crippen MR) is 125 cm³/mol. The Morgan fingerprint density at radius 3 is 2.50 bits per heavy atom. The van der Waals surface area contributed by atoms with Gasteiger partial charge in [-0.3, -0.25) is 9.38 Å². The number of likely N-dealkylation sites (tertiary alicyclic amines) is 1. The Morgan fingerprint density at radius 1 is 1.03 bits per heavy atom. The summed E-state index contributed by atoms with van der Waals surface area (Å²) >= 11 is 0. The van der Waals surface area contributed by atoms with Crippen LogP contribution in [0.2, 0.25) is 0 Å². The number of quaternary nitrogens is 1. The Hall–Kier alpha value is -2.54. The van der Waals surface area contributed by atoms with Crippen molar-refractivity contribution in [2.24, 2.45) is 11.7 Å². The van der Waals surface area contributed by atoms with Gasteiger partial charge < -0.3 is 10.5 Å². The molecule has 1 atom stereocenters. The molecule has 0 unspecified atom stereocenters. The smallest absolute Gasteiger partial charge is 0.165 e. The summed E-state index contributed by atoms with van der Waals surface area (Å²) < 4.78 is 33.6. The standard InChI is InChI=1S/C26H32F2N3O/c27-22-8-10-23(11-9-22)31(17-4-3-5-24(31)19-29)20-21-12-14-30(15-13-21)16-18-32-26-7-2-1-6-25(26)28/h1-11,21H,12-20,29H2/q+1/t31-/m1/s1. The summed E-state index contributed by atoms with van der Waals surface area (Å²) in [5.41, 5.74) is 8.40. The highest BCUT2D eigenvalue weighted by Crippen LogP contribution is 2.34. The molecule has 0 radical (unpaired) electrons.